The number of nitrogens with one attached hydrogen (secondary N) is 1. The average Bonchev–Trinajstić information content (AvgIpc) is 2.89. The molecule has 1 fully saturated rings. The SMILES string of the molecule is CCC1(C(=O)Nc2c(N)ccc(C)c2C)CCCC1. The maximum atomic E-state index is 12.6. The molecule has 19 heavy (non-hydrogen) atoms. The summed E-state index contributed by atoms with van der Waals surface area (Å²) >= 11 is 0. The van der Waals surface area contributed by atoms with Crippen LogP contribution in [0.5, 0.6) is 0 Å². The van der Waals surface area contributed by atoms with Gasteiger partial charge in [-0.15, -0.1) is 0 Å². The van der Waals surface area contributed by atoms with Crippen LogP contribution in [0.3, 0.4) is 0 Å². The Morgan fingerprint density at radius 1 is 1.32 bits per heavy atom. The average molecular weight is 260 g/mol. The number of hydrogen-bond acceptors (Lipinski definition) is 2. The van der Waals surface area contributed by atoms with Crippen LogP contribution in [0, 0.1) is 19.3 Å². The van der Waals surface area contributed by atoms with E-state index in [1.165, 1.54) is 0 Å². The number of hydrogen-bond donors (Lipinski definition) is 2. The Bertz CT molecular complexity index is 488. The van der Waals surface area contributed by atoms with Crippen LogP contribution in [0.1, 0.15) is 50.2 Å². The van der Waals surface area contributed by atoms with E-state index in [0.717, 1.165) is 48.9 Å². The van der Waals surface area contributed by atoms with E-state index in [2.05, 4.69) is 12.2 Å². The van der Waals surface area contributed by atoms with Crippen LogP contribution in [0.25, 0.3) is 0 Å². The largest absolute Gasteiger partial charge is 0.397 e. The zero-order valence-corrected chi connectivity index (χ0v) is 12.2. The van der Waals surface area contributed by atoms with E-state index in [0.29, 0.717) is 5.69 Å². The van der Waals surface area contributed by atoms with Crippen LogP contribution in [0.15, 0.2) is 12.1 Å². The zero-order chi connectivity index (χ0) is 14.0. The Morgan fingerprint density at radius 2 is 1.95 bits per heavy atom. The van der Waals surface area contributed by atoms with Gasteiger partial charge in [0.2, 0.25) is 5.91 Å². The third-order valence-electron chi connectivity index (χ3n) is 4.73. The molecule has 0 atom stereocenters. The van der Waals surface area contributed by atoms with Gasteiger partial charge in [-0.3, -0.25) is 4.79 Å². The van der Waals surface area contributed by atoms with E-state index in [1.807, 2.05) is 26.0 Å². The van der Waals surface area contributed by atoms with E-state index in [9.17, 15) is 4.79 Å². The molecule has 0 aliphatic heterocycles. The first-order valence-electron chi connectivity index (χ1n) is 7.17. The number of rotatable bonds is 3. The molecule has 1 aliphatic rings. The second-order valence-corrected chi connectivity index (χ2v) is 5.77. The van der Waals surface area contributed by atoms with Gasteiger partial charge in [-0.2, -0.15) is 0 Å². The Hall–Kier alpha value is -1.51. The first kappa shape index (κ1) is 13.9. The second kappa shape index (κ2) is 5.24. The van der Waals surface area contributed by atoms with E-state index >= 15 is 0 Å². The highest BCUT2D eigenvalue weighted by atomic mass is 16.2. The molecule has 0 aromatic heterocycles. The molecule has 0 heterocycles. The topological polar surface area (TPSA) is 55.1 Å². The van der Waals surface area contributed by atoms with Crippen molar-refractivity contribution in [2.75, 3.05) is 11.1 Å². The van der Waals surface area contributed by atoms with Crippen LogP contribution in [-0.2, 0) is 4.79 Å². The van der Waals surface area contributed by atoms with Crippen molar-refractivity contribution in [1.29, 1.82) is 0 Å². The number of anilines is 2. The molecule has 3 nitrogen and oxygen atoms in total. The first-order valence-corrected chi connectivity index (χ1v) is 7.17. The summed E-state index contributed by atoms with van der Waals surface area (Å²) in [5, 5.41) is 3.09. The molecule has 0 radical (unpaired) electrons. The summed E-state index contributed by atoms with van der Waals surface area (Å²) in [4.78, 5) is 12.6. The highest BCUT2D eigenvalue weighted by Crippen LogP contribution is 2.42. The lowest BCUT2D eigenvalue weighted by Gasteiger charge is -2.27. The molecule has 3 heteroatoms. The normalized spacial score (nSPS) is 17.4. The van der Waals surface area contributed by atoms with Gasteiger partial charge in [0.25, 0.3) is 0 Å². The van der Waals surface area contributed by atoms with Gasteiger partial charge in [-0.05, 0) is 50.3 Å². The predicted octanol–water partition coefficient (Wildman–Crippen LogP) is 3.79. The molecule has 3 N–H and O–H groups in total. The third-order valence-corrected chi connectivity index (χ3v) is 4.73. The number of amides is 1. The molecule has 0 unspecified atom stereocenters. The van der Waals surface area contributed by atoms with Crippen molar-refractivity contribution in [1.82, 2.24) is 0 Å². The van der Waals surface area contributed by atoms with Crippen molar-refractivity contribution in [3.8, 4) is 0 Å². The number of aryl methyl sites for hydroxylation is 1. The smallest absolute Gasteiger partial charge is 0.230 e. The number of carbonyl (C=O) groups is 1. The Balaban J connectivity index is 2.26. The maximum Gasteiger partial charge on any atom is 0.230 e. The highest BCUT2D eigenvalue weighted by molar-refractivity contribution is 5.98. The molecule has 2 rings (SSSR count). The molecule has 1 saturated carbocycles. The molecular weight excluding hydrogens is 236 g/mol. The number of nitrogens with two attached hydrogens (primary N) is 1. The minimum Gasteiger partial charge on any atom is -0.397 e. The summed E-state index contributed by atoms with van der Waals surface area (Å²) in [5.41, 5.74) is 9.50. The van der Waals surface area contributed by atoms with Crippen LogP contribution in [0.2, 0.25) is 0 Å². The summed E-state index contributed by atoms with van der Waals surface area (Å²) in [5.74, 6) is 0.146. The van der Waals surface area contributed by atoms with Crippen LogP contribution in [0.4, 0.5) is 11.4 Å². The monoisotopic (exact) mass is 260 g/mol. The fourth-order valence-corrected chi connectivity index (χ4v) is 3.04. The van der Waals surface area contributed by atoms with Crippen molar-refractivity contribution in [2.24, 2.45) is 5.41 Å². The quantitative estimate of drug-likeness (QED) is 0.812. The molecule has 0 spiro atoms. The molecule has 1 aromatic rings. The molecular formula is C16H24N2O. The van der Waals surface area contributed by atoms with E-state index in [-0.39, 0.29) is 11.3 Å². The van der Waals surface area contributed by atoms with E-state index in [1.54, 1.807) is 0 Å². The highest BCUT2D eigenvalue weighted by Gasteiger charge is 2.39. The lowest BCUT2D eigenvalue weighted by molar-refractivity contribution is -0.125. The summed E-state index contributed by atoms with van der Waals surface area (Å²) in [6.07, 6.45) is 5.22. The van der Waals surface area contributed by atoms with Crippen molar-refractivity contribution in [3.63, 3.8) is 0 Å². The van der Waals surface area contributed by atoms with Crippen molar-refractivity contribution in [2.45, 2.75) is 52.9 Å². The summed E-state index contributed by atoms with van der Waals surface area (Å²) in [6, 6.07) is 3.86. The fraction of sp³-hybridized carbons (Fsp3) is 0.562. The summed E-state index contributed by atoms with van der Waals surface area (Å²) in [6.45, 7) is 6.15. The molecule has 104 valence electrons. The standard InChI is InChI=1S/C16H24N2O/c1-4-16(9-5-6-10-16)15(19)18-14-12(3)11(2)7-8-13(14)17/h7-8H,4-6,9-10,17H2,1-3H3,(H,18,19). The minimum atomic E-state index is -0.178. The zero-order valence-electron chi connectivity index (χ0n) is 12.2. The van der Waals surface area contributed by atoms with Crippen LogP contribution in [-0.4, -0.2) is 5.91 Å². The van der Waals surface area contributed by atoms with E-state index in [4.69, 9.17) is 5.73 Å². The van der Waals surface area contributed by atoms with Gasteiger partial charge in [0.15, 0.2) is 0 Å². The van der Waals surface area contributed by atoms with Crippen LogP contribution < -0.4 is 11.1 Å². The second-order valence-electron chi connectivity index (χ2n) is 5.77. The molecule has 1 aliphatic carbocycles. The Morgan fingerprint density at radius 3 is 2.53 bits per heavy atom. The van der Waals surface area contributed by atoms with Gasteiger partial charge in [0.05, 0.1) is 11.4 Å². The predicted molar refractivity (Wildman–Crippen MR) is 80.2 cm³/mol. The van der Waals surface area contributed by atoms with Crippen molar-refractivity contribution in [3.05, 3.63) is 23.3 Å². The summed E-state index contributed by atoms with van der Waals surface area (Å²) in [7, 11) is 0. The minimum absolute atomic E-state index is 0.146. The maximum absolute atomic E-state index is 12.6. The van der Waals surface area contributed by atoms with Gasteiger partial charge < -0.3 is 11.1 Å². The van der Waals surface area contributed by atoms with Gasteiger partial charge in [-0.1, -0.05) is 25.8 Å². The lowest BCUT2D eigenvalue weighted by Crippen LogP contribution is -2.33. The summed E-state index contributed by atoms with van der Waals surface area (Å²) < 4.78 is 0. The molecule has 1 aromatic carbocycles. The van der Waals surface area contributed by atoms with Crippen molar-refractivity contribution >= 4 is 17.3 Å². The lowest BCUT2D eigenvalue weighted by atomic mass is 9.82. The van der Waals surface area contributed by atoms with Gasteiger partial charge in [0, 0.05) is 5.41 Å². The number of carbonyl (C=O) groups excluding carboxylic acids is 1. The Kier molecular flexibility index (Phi) is 3.83. The molecule has 0 bridgehead atoms. The van der Waals surface area contributed by atoms with Crippen molar-refractivity contribution < 1.29 is 4.79 Å². The third kappa shape index (κ3) is 2.46. The van der Waals surface area contributed by atoms with Gasteiger partial charge in [-0.25, -0.2) is 0 Å². The van der Waals surface area contributed by atoms with E-state index < -0.39 is 0 Å². The van der Waals surface area contributed by atoms with Gasteiger partial charge in [0.1, 0.15) is 0 Å². The molecule has 1 amide bonds. The van der Waals surface area contributed by atoms with Gasteiger partial charge >= 0.3 is 0 Å². The number of benzene rings is 1. The van der Waals surface area contributed by atoms with Crippen LogP contribution >= 0.6 is 0 Å². The molecule has 0 saturated heterocycles. The first-order chi connectivity index (χ1) is 9.00. The fourth-order valence-electron chi connectivity index (χ4n) is 3.04. The number of nitrogen functional groups attached to an aromatic ring is 1. The Labute approximate surface area is 115 Å².